The van der Waals surface area contributed by atoms with Crippen molar-refractivity contribution in [3.8, 4) is 0 Å². The van der Waals surface area contributed by atoms with Crippen molar-refractivity contribution in [2.75, 3.05) is 6.61 Å². The van der Waals surface area contributed by atoms with Gasteiger partial charge in [-0.2, -0.15) is 0 Å². The summed E-state index contributed by atoms with van der Waals surface area (Å²) in [5.74, 6) is 2.56. The maximum absolute atomic E-state index is 12.1. The number of fused-ring (bicyclic) bond motifs is 1. The van der Waals surface area contributed by atoms with Crippen LogP contribution < -0.4 is 0 Å². The van der Waals surface area contributed by atoms with E-state index in [4.69, 9.17) is 0 Å². The molecule has 0 aromatic carbocycles. The van der Waals surface area contributed by atoms with E-state index in [1.807, 2.05) is 0 Å². The molecule has 0 radical (unpaired) electrons. The summed E-state index contributed by atoms with van der Waals surface area (Å²) < 4.78 is 0. The highest BCUT2D eigenvalue weighted by atomic mass is 16.3. The number of carbonyl (C=O) groups is 1. The molecule has 5 unspecified atom stereocenters. The van der Waals surface area contributed by atoms with Gasteiger partial charge in [0.15, 0.2) is 0 Å². The fraction of sp³-hybridized carbons (Fsp3) is 0.950. The molecule has 0 aromatic heterocycles. The maximum atomic E-state index is 12.1. The molecule has 0 heterocycles. The van der Waals surface area contributed by atoms with Crippen LogP contribution in [0.3, 0.4) is 0 Å². The van der Waals surface area contributed by atoms with Gasteiger partial charge in [0.1, 0.15) is 5.78 Å². The quantitative estimate of drug-likeness (QED) is 0.762. The molecule has 0 aromatic rings. The van der Waals surface area contributed by atoms with Crippen molar-refractivity contribution in [1.29, 1.82) is 0 Å². The van der Waals surface area contributed by atoms with Gasteiger partial charge in [0, 0.05) is 12.5 Å². The average Bonchev–Trinajstić information content (AvgIpc) is 2.76. The molecule has 2 aliphatic rings. The summed E-state index contributed by atoms with van der Waals surface area (Å²) in [6.07, 6.45) is 8.09. The Hall–Kier alpha value is -0.370. The number of aliphatic hydroxyl groups is 1. The molecule has 0 spiro atoms. The van der Waals surface area contributed by atoms with Crippen LogP contribution in [-0.2, 0) is 4.79 Å². The monoisotopic (exact) mass is 308 g/mol. The Balaban J connectivity index is 2.28. The largest absolute Gasteiger partial charge is 0.396 e. The normalized spacial score (nSPS) is 38.8. The van der Waals surface area contributed by atoms with E-state index in [0.29, 0.717) is 35.6 Å². The fourth-order valence-corrected chi connectivity index (χ4v) is 6.31. The molecule has 22 heavy (non-hydrogen) atoms. The van der Waals surface area contributed by atoms with Crippen LogP contribution in [0.5, 0.6) is 0 Å². The van der Waals surface area contributed by atoms with Gasteiger partial charge < -0.3 is 5.11 Å². The van der Waals surface area contributed by atoms with Gasteiger partial charge in [-0.3, -0.25) is 4.79 Å². The van der Waals surface area contributed by atoms with Gasteiger partial charge in [0.25, 0.3) is 0 Å². The number of hydrogen-bond donors (Lipinski definition) is 1. The van der Waals surface area contributed by atoms with Gasteiger partial charge in [0.05, 0.1) is 0 Å². The van der Waals surface area contributed by atoms with Crippen molar-refractivity contribution in [1.82, 2.24) is 0 Å². The summed E-state index contributed by atoms with van der Waals surface area (Å²) >= 11 is 0. The van der Waals surface area contributed by atoms with E-state index >= 15 is 0 Å². The first-order valence-corrected chi connectivity index (χ1v) is 9.39. The molecule has 2 rings (SSSR count). The summed E-state index contributed by atoms with van der Waals surface area (Å²) in [7, 11) is 0. The van der Waals surface area contributed by atoms with Crippen LogP contribution in [0, 0.1) is 34.5 Å². The van der Waals surface area contributed by atoms with E-state index < -0.39 is 0 Å². The van der Waals surface area contributed by atoms with E-state index in [2.05, 4.69) is 27.7 Å². The Labute approximate surface area is 137 Å². The van der Waals surface area contributed by atoms with E-state index in [-0.39, 0.29) is 11.3 Å². The molecule has 0 bridgehead atoms. The number of ketones is 1. The lowest BCUT2D eigenvalue weighted by molar-refractivity contribution is -0.127. The summed E-state index contributed by atoms with van der Waals surface area (Å²) in [6, 6.07) is 0. The number of rotatable bonds is 6. The van der Waals surface area contributed by atoms with E-state index in [1.54, 1.807) is 6.92 Å². The van der Waals surface area contributed by atoms with Crippen LogP contribution in [0.2, 0.25) is 0 Å². The Morgan fingerprint density at radius 3 is 2.50 bits per heavy atom. The molecule has 5 atom stereocenters. The minimum Gasteiger partial charge on any atom is -0.396 e. The molecular formula is C20H36O2. The summed E-state index contributed by atoms with van der Waals surface area (Å²) in [6.45, 7) is 11.6. The molecule has 2 fully saturated rings. The summed E-state index contributed by atoms with van der Waals surface area (Å²) in [5.41, 5.74) is 0.536. The van der Waals surface area contributed by atoms with Crippen molar-refractivity contribution < 1.29 is 9.90 Å². The Morgan fingerprint density at radius 2 is 1.95 bits per heavy atom. The van der Waals surface area contributed by atoms with Gasteiger partial charge in [-0.15, -0.1) is 0 Å². The van der Waals surface area contributed by atoms with E-state index in [0.717, 1.165) is 12.8 Å². The van der Waals surface area contributed by atoms with Gasteiger partial charge in [-0.1, -0.05) is 34.1 Å². The van der Waals surface area contributed by atoms with E-state index in [1.165, 1.54) is 32.1 Å². The number of carbonyl (C=O) groups excluding carboxylic acids is 1. The molecule has 2 aliphatic carbocycles. The molecule has 0 amide bonds. The molecule has 1 N–H and O–H groups in total. The highest BCUT2D eigenvalue weighted by Crippen LogP contribution is 2.62. The van der Waals surface area contributed by atoms with Crippen molar-refractivity contribution in [2.24, 2.45) is 34.5 Å². The van der Waals surface area contributed by atoms with Gasteiger partial charge in [-0.25, -0.2) is 0 Å². The van der Waals surface area contributed by atoms with Crippen molar-refractivity contribution >= 4 is 5.78 Å². The van der Waals surface area contributed by atoms with Gasteiger partial charge in [-0.05, 0) is 74.0 Å². The lowest BCUT2D eigenvalue weighted by Gasteiger charge is -2.53. The van der Waals surface area contributed by atoms with E-state index in [9.17, 15) is 9.90 Å². The van der Waals surface area contributed by atoms with Crippen LogP contribution in [0.1, 0.15) is 79.6 Å². The van der Waals surface area contributed by atoms with Crippen molar-refractivity contribution in [3.63, 3.8) is 0 Å². The zero-order chi connectivity index (χ0) is 16.5. The predicted octanol–water partition coefficient (Wildman–Crippen LogP) is 4.84. The SMILES string of the molecule is CCCC(C)(C)C1CCC2(C)C(C(C)=O)CCC2C1CCO. The molecule has 128 valence electrons. The smallest absolute Gasteiger partial charge is 0.133 e. The van der Waals surface area contributed by atoms with Crippen LogP contribution in [-0.4, -0.2) is 17.5 Å². The molecular weight excluding hydrogens is 272 g/mol. The van der Waals surface area contributed by atoms with Crippen molar-refractivity contribution in [3.05, 3.63) is 0 Å². The number of hydrogen-bond acceptors (Lipinski definition) is 2. The van der Waals surface area contributed by atoms with Gasteiger partial charge >= 0.3 is 0 Å². The average molecular weight is 309 g/mol. The predicted molar refractivity (Wildman–Crippen MR) is 91.6 cm³/mol. The molecule has 2 heteroatoms. The van der Waals surface area contributed by atoms with Crippen LogP contribution in [0.4, 0.5) is 0 Å². The molecule has 0 aliphatic heterocycles. The molecule has 2 nitrogen and oxygen atoms in total. The standard InChI is InChI=1S/C20H36O2/c1-6-11-19(3,4)17-9-12-20(5)16(14(2)22)7-8-18(20)15(17)10-13-21/h15-18,21H,6-13H2,1-5H3. The zero-order valence-corrected chi connectivity index (χ0v) is 15.3. The summed E-state index contributed by atoms with van der Waals surface area (Å²) in [5, 5.41) is 9.64. The first-order valence-electron chi connectivity index (χ1n) is 9.39. The topological polar surface area (TPSA) is 37.3 Å². The van der Waals surface area contributed by atoms with Crippen LogP contribution >= 0.6 is 0 Å². The highest BCUT2D eigenvalue weighted by molar-refractivity contribution is 5.79. The van der Waals surface area contributed by atoms with Crippen LogP contribution in [0.25, 0.3) is 0 Å². The third-order valence-corrected chi connectivity index (χ3v) is 7.29. The third-order valence-electron chi connectivity index (χ3n) is 7.29. The minimum absolute atomic E-state index is 0.185. The Morgan fingerprint density at radius 1 is 1.27 bits per heavy atom. The molecule has 2 saturated carbocycles. The van der Waals surface area contributed by atoms with Crippen molar-refractivity contribution in [2.45, 2.75) is 79.6 Å². The summed E-state index contributed by atoms with van der Waals surface area (Å²) in [4.78, 5) is 12.1. The minimum atomic E-state index is 0.185. The second-order valence-electron chi connectivity index (χ2n) is 8.91. The third kappa shape index (κ3) is 3.00. The van der Waals surface area contributed by atoms with Crippen LogP contribution in [0.15, 0.2) is 0 Å². The maximum Gasteiger partial charge on any atom is 0.133 e. The fourth-order valence-electron chi connectivity index (χ4n) is 6.31. The second-order valence-corrected chi connectivity index (χ2v) is 8.91. The first kappa shape index (κ1) is 18.0. The zero-order valence-electron chi connectivity index (χ0n) is 15.3. The highest BCUT2D eigenvalue weighted by Gasteiger charge is 2.56. The Bertz CT molecular complexity index is 401. The van der Waals surface area contributed by atoms with Gasteiger partial charge in [0.2, 0.25) is 0 Å². The number of aliphatic hydroxyl groups excluding tert-OH is 1. The lowest BCUT2D eigenvalue weighted by Crippen LogP contribution is -2.47. The lowest BCUT2D eigenvalue weighted by atomic mass is 9.52. The first-order chi connectivity index (χ1) is 10.3. The second kappa shape index (κ2) is 6.63. The Kier molecular flexibility index (Phi) is 5.42. The molecule has 0 saturated heterocycles. The number of Topliss-reactive ketones (excluding diaryl/α,β-unsaturated/α-hetero) is 1.